The van der Waals surface area contributed by atoms with E-state index in [2.05, 4.69) is 32.1 Å². The van der Waals surface area contributed by atoms with E-state index >= 15 is 0 Å². The fourth-order valence-corrected chi connectivity index (χ4v) is 2.00. The zero-order chi connectivity index (χ0) is 12.1. The first-order valence-corrected chi connectivity index (χ1v) is 6.42. The maximum Gasteiger partial charge on any atom is 0.218 e. The molecule has 0 radical (unpaired) electrons. The van der Waals surface area contributed by atoms with Crippen LogP contribution in [0.2, 0.25) is 0 Å². The summed E-state index contributed by atoms with van der Waals surface area (Å²) in [5.74, 6) is 1.38. The Hall–Kier alpha value is -1.62. The van der Waals surface area contributed by atoms with Gasteiger partial charge in [0.05, 0.1) is 6.10 Å². The first-order valence-electron chi connectivity index (χ1n) is 5.47. The Labute approximate surface area is 105 Å². The number of nitrogens with zero attached hydrogens (tertiary/aromatic N) is 2. The molecule has 0 fully saturated rings. The third-order valence-corrected chi connectivity index (χ3v) is 2.78. The van der Waals surface area contributed by atoms with E-state index in [1.54, 1.807) is 11.3 Å². The van der Waals surface area contributed by atoms with Gasteiger partial charge in [-0.1, -0.05) is 0 Å². The smallest absolute Gasteiger partial charge is 0.218 e. The lowest BCUT2D eigenvalue weighted by atomic mass is 10.3. The van der Waals surface area contributed by atoms with Gasteiger partial charge >= 0.3 is 0 Å². The van der Waals surface area contributed by atoms with Crippen molar-refractivity contribution in [2.24, 2.45) is 0 Å². The number of rotatable bonds is 5. The van der Waals surface area contributed by atoms with E-state index in [1.165, 1.54) is 11.9 Å². The van der Waals surface area contributed by atoms with Crippen LogP contribution in [-0.4, -0.2) is 16.1 Å². The number of ether oxygens (including phenoxy) is 1. The molecule has 0 aliphatic carbocycles. The Balaban J connectivity index is 1.96. The summed E-state index contributed by atoms with van der Waals surface area (Å²) in [4.78, 5) is 8.20. The minimum atomic E-state index is 0.120. The summed E-state index contributed by atoms with van der Waals surface area (Å²) in [7, 11) is 0. The molecule has 0 saturated heterocycles. The van der Waals surface area contributed by atoms with Gasteiger partial charge in [0.25, 0.3) is 0 Å². The van der Waals surface area contributed by atoms with Gasteiger partial charge in [0.15, 0.2) is 0 Å². The van der Waals surface area contributed by atoms with Crippen molar-refractivity contribution < 1.29 is 4.74 Å². The van der Waals surface area contributed by atoms with Crippen molar-refractivity contribution in [1.82, 2.24) is 9.97 Å². The molecule has 2 rings (SSSR count). The zero-order valence-corrected chi connectivity index (χ0v) is 10.7. The topological polar surface area (TPSA) is 47.0 Å². The lowest BCUT2D eigenvalue weighted by molar-refractivity contribution is 0.232. The first-order chi connectivity index (χ1) is 8.24. The average Bonchev–Trinajstić information content (AvgIpc) is 2.79. The maximum absolute atomic E-state index is 5.50. The molecule has 0 atom stereocenters. The van der Waals surface area contributed by atoms with Gasteiger partial charge in [-0.05, 0) is 36.2 Å². The van der Waals surface area contributed by atoms with Crippen LogP contribution in [0.1, 0.15) is 19.4 Å². The molecule has 0 aliphatic rings. The molecule has 2 heterocycles. The first kappa shape index (κ1) is 11.9. The van der Waals surface area contributed by atoms with E-state index in [9.17, 15) is 0 Å². The van der Waals surface area contributed by atoms with Crippen molar-refractivity contribution >= 4 is 17.2 Å². The number of nitrogens with one attached hydrogen (secondary N) is 1. The van der Waals surface area contributed by atoms with Gasteiger partial charge in [0.2, 0.25) is 5.88 Å². The Morgan fingerprint density at radius 3 is 3.00 bits per heavy atom. The zero-order valence-electron chi connectivity index (χ0n) is 9.88. The molecule has 0 amide bonds. The van der Waals surface area contributed by atoms with Crippen LogP contribution in [0.5, 0.6) is 5.88 Å². The van der Waals surface area contributed by atoms with E-state index in [4.69, 9.17) is 4.74 Å². The lowest BCUT2D eigenvalue weighted by Crippen LogP contribution is -2.08. The lowest BCUT2D eigenvalue weighted by Gasteiger charge is -2.09. The summed E-state index contributed by atoms with van der Waals surface area (Å²) in [5.41, 5.74) is 1.25. The van der Waals surface area contributed by atoms with Gasteiger partial charge in [-0.25, -0.2) is 9.97 Å². The molecule has 0 aromatic carbocycles. The second-order valence-corrected chi connectivity index (χ2v) is 4.67. The second kappa shape index (κ2) is 5.63. The quantitative estimate of drug-likeness (QED) is 0.885. The number of hydrogen-bond acceptors (Lipinski definition) is 5. The summed E-state index contributed by atoms with van der Waals surface area (Å²) in [6.07, 6.45) is 1.63. The Kier molecular flexibility index (Phi) is 3.93. The van der Waals surface area contributed by atoms with Crippen LogP contribution in [0.15, 0.2) is 29.2 Å². The van der Waals surface area contributed by atoms with Crippen molar-refractivity contribution in [3.63, 3.8) is 0 Å². The van der Waals surface area contributed by atoms with Gasteiger partial charge in [-0.2, -0.15) is 11.3 Å². The third kappa shape index (κ3) is 3.71. The highest BCUT2D eigenvalue weighted by Crippen LogP contribution is 2.14. The molecule has 90 valence electrons. The van der Waals surface area contributed by atoms with Gasteiger partial charge in [0.1, 0.15) is 12.1 Å². The predicted molar refractivity (Wildman–Crippen MR) is 69.4 cm³/mol. The van der Waals surface area contributed by atoms with Gasteiger partial charge in [-0.15, -0.1) is 0 Å². The summed E-state index contributed by atoms with van der Waals surface area (Å²) >= 11 is 1.69. The van der Waals surface area contributed by atoms with Crippen LogP contribution in [-0.2, 0) is 6.54 Å². The third-order valence-electron chi connectivity index (χ3n) is 2.05. The highest BCUT2D eigenvalue weighted by molar-refractivity contribution is 7.07. The SMILES string of the molecule is CC(C)Oc1cc(NCc2ccsc2)ncn1. The van der Waals surface area contributed by atoms with Gasteiger partial charge < -0.3 is 10.1 Å². The Morgan fingerprint density at radius 1 is 1.41 bits per heavy atom. The molecule has 0 unspecified atom stereocenters. The molecule has 0 spiro atoms. The standard InChI is InChI=1S/C12H15N3OS/c1-9(2)16-12-5-11(14-8-15-12)13-6-10-3-4-17-7-10/h3-5,7-9H,6H2,1-2H3,(H,13,14,15). The fraction of sp³-hybridized carbons (Fsp3) is 0.333. The van der Waals surface area contributed by atoms with E-state index < -0.39 is 0 Å². The van der Waals surface area contributed by atoms with Crippen LogP contribution in [0, 0.1) is 0 Å². The van der Waals surface area contributed by atoms with E-state index in [1.807, 2.05) is 19.9 Å². The Bertz CT molecular complexity index is 457. The molecule has 17 heavy (non-hydrogen) atoms. The molecule has 5 heteroatoms. The van der Waals surface area contributed by atoms with Crippen LogP contribution in [0.4, 0.5) is 5.82 Å². The summed E-state index contributed by atoms with van der Waals surface area (Å²) in [6, 6.07) is 3.90. The molecule has 2 aromatic heterocycles. The molecular weight excluding hydrogens is 234 g/mol. The fourth-order valence-electron chi connectivity index (χ4n) is 1.33. The number of anilines is 1. The van der Waals surface area contributed by atoms with Crippen LogP contribution in [0.25, 0.3) is 0 Å². The number of aromatic nitrogens is 2. The summed E-state index contributed by atoms with van der Waals surface area (Å²) in [6.45, 7) is 4.71. The van der Waals surface area contributed by atoms with Crippen molar-refractivity contribution in [3.05, 3.63) is 34.8 Å². The molecule has 0 aliphatic heterocycles. The van der Waals surface area contributed by atoms with Gasteiger partial charge in [0, 0.05) is 12.6 Å². The predicted octanol–water partition coefficient (Wildman–Crippen LogP) is 2.94. The van der Waals surface area contributed by atoms with Crippen molar-refractivity contribution in [2.75, 3.05) is 5.32 Å². The van der Waals surface area contributed by atoms with Gasteiger partial charge in [-0.3, -0.25) is 0 Å². The highest BCUT2D eigenvalue weighted by atomic mass is 32.1. The Morgan fingerprint density at radius 2 is 2.29 bits per heavy atom. The molecule has 0 saturated carbocycles. The number of thiophene rings is 1. The van der Waals surface area contributed by atoms with Crippen molar-refractivity contribution in [2.45, 2.75) is 26.5 Å². The molecule has 0 bridgehead atoms. The monoisotopic (exact) mass is 249 g/mol. The van der Waals surface area contributed by atoms with Crippen LogP contribution < -0.4 is 10.1 Å². The van der Waals surface area contributed by atoms with E-state index in [0.29, 0.717) is 5.88 Å². The minimum absolute atomic E-state index is 0.120. The van der Waals surface area contributed by atoms with E-state index in [-0.39, 0.29) is 6.10 Å². The van der Waals surface area contributed by atoms with Crippen LogP contribution in [0.3, 0.4) is 0 Å². The molecule has 4 nitrogen and oxygen atoms in total. The highest BCUT2D eigenvalue weighted by Gasteiger charge is 2.02. The minimum Gasteiger partial charge on any atom is -0.475 e. The van der Waals surface area contributed by atoms with Crippen molar-refractivity contribution in [1.29, 1.82) is 0 Å². The van der Waals surface area contributed by atoms with E-state index in [0.717, 1.165) is 12.4 Å². The largest absolute Gasteiger partial charge is 0.475 e. The number of hydrogen-bond donors (Lipinski definition) is 1. The molecular formula is C12H15N3OS. The maximum atomic E-state index is 5.50. The average molecular weight is 249 g/mol. The summed E-state index contributed by atoms with van der Waals surface area (Å²) in [5, 5.41) is 7.41. The normalized spacial score (nSPS) is 10.5. The summed E-state index contributed by atoms with van der Waals surface area (Å²) < 4.78 is 5.50. The second-order valence-electron chi connectivity index (χ2n) is 3.89. The molecule has 2 aromatic rings. The van der Waals surface area contributed by atoms with Crippen molar-refractivity contribution in [3.8, 4) is 5.88 Å². The molecule has 1 N–H and O–H groups in total. The van der Waals surface area contributed by atoms with Crippen LogP contribution >= 0.6 is 11.3 Å².